The smallest absolute Gasteiger partial charge is 0.321 e. The maximum atomic E-state index is 12.7. The summed E-state index contributed by atoms with van der Waals surface area (Å²) in [5, 5.41) is 2.90. The normalized spacial score (nSPS) is 21.0. The van der Waals surface area contributed by atoms with E-state index in [0.717, 1.165) is 12.1 Å². The van der Waals surface area contributed by atoms with Crippen LogP contribution in [-0.4, -0.2) is 34.4 Å². The molecule has 0 unspecified atom stereocenters. The number of anilines is 1. The summed E-state index contributed by atoms with van der Waals surface area (Å²) in [6, 6.07) is 12.2. The molecule has 2 aliphatic rings. The van der Waals surface area contributed by atoms with Gasteiger partial charge in [0.1, 0.15) is 0 Å². The average Bonchev–Trinajstić information content (AvgIpc) is 2.62. The number of amides is 2. The van der Waals surface area contributed by atoms with Gasteiger partial charge in [-0.15, -0.1) is 0 Å². The third kappa shape index (κ3) is 3.03. The van der Waals surface area contributed by atoms with Crippen LogP contribution in [0.1, 0.15) is 35.3 Å². The third-order valence-electron chi connectivity index (χ3n) is 5.29. The molecule has 2 aromatic rings. The molecule has 2 aliphatic heterocycles. The Morgan fingerprint density at radius 3 is 2.69 bits per heavy atom. The molecule has 0 saturated carbocycles. The molecular weight excluding hydrogens is 330 g/mol. The van der Waals surface area contributed by atoms with Gasteiger partial charge in [0, 0.05) is 48.6 Å². The van der Waals surface area contributed by atoms with E-state index < -0.39 is 0 Å². The maximum Gasteiger partial charge on any atom is 0.321 e. The van der Waals surface area contributed by atoms with E-state index in [1.807, 2.05) is 15.5 Å². The second kappa shape index (κ2) is 6.44. The van der Waals surface area contributed by atoms with Crippen LogP contribution in [0.4, 0.5) is 10.5 Å². The van der Waals surface area contributed by atoms with Crippen molar-refractivity contribution in [2.75, 3.05) is 18.4 Å². The average molecular weight is 351 g/mol. The Bertz CT molecular complexity index is 934. The number of hydrogen-bond acceptors (Lipinski definition) is 3. The van der Waals surface area contributed by atoms with E-state index in [1.54, 1.807) is 36.4 Å². The first kappa shape index (κ1) is 16.6. The quantitative estimate of drug-likeness (QED) is 0.846. The summed E-state index contributed by atoms with van der Waals surface area (Å²) in [5.41, 5.74) is 2.25. The third-order valence-corrected chi connectivity index (χ3v) is 5.29. The number of carbonyl (C=O) groups excluding carboxylic acids is 2. The van der Waals surface area contributed by atoms with Gasteiger partial charge in [-0.2, -0.15) is 0 Å². The number of Topliss-reactive ketones (excluding diaryl/α,β-unsaturated/α-hetero) is 1. The molecule has 2 atom stereocenters. The highest BCUT2D eigenvalue weighted by molar-refractivity contribution is 5.96. The molecule has 4 rings (SSSR count). The predicted molar refractivity (Wildman–Crippen MR) is 98.6 cm³/mol. The van der Waals surface area contributed by atoms with E-state index in [0.29, 0.717) is 30.9 Å². The van der Waals surface area contributed by atoms with E-state index in [1.165, 1.54) is 6.92 Å². The Morgan fingerprint density at radius 1 is 1.08 bits per heavy atom. The molecule has 6 nitrogen and oxygen atoms in total. The van der Waals surface area contributed by atoms with Crippen molar-refractivity contribution in [1.82, 2.24) is 9.47 Å². The van der Waals surface area contributed by atoms with Crippen LogP contribution in [-0.2, 0) is 6.54 Å². The summed E-state index contributed by atoms with van der Waals surface area (Å²) in [4.78, 5) is 38.1. The number of hydrogen-bond donors (Lipinski definition) is 1. The predicted octanol–water partition coefficient (Wildman–Crippen LogP) is 2.70. The lowest BCUT2D eigenvalue weighted by molar-refractivity contribution is 0.101. The van der Waals surface area contributed by atoms with Gasteiger partial charge in [-0.3, -0.25) is 9.59 Å². The number of benzene rings is 1. The highest BCUT2D eigenvalue weighted by Gasteiger charge is 2.36. The zero-order chi connectivity index (χ0) is 18.3. The monoisotopic (exact) mass is 351 g/mol. The number of fused-ring (bicyclic) bond motifs is 4. The maximum absolute atomic E-state index is 12.7. The highest BCUT2D eigenvalue weighted by atomic mass is 16.2. The van der Waals surface area contributed by atoms with Crippen molar-refractivity contribution in [3.8, 4) is 0 Å². The minimum atomic E-state index is -0.160. The summed E-state index contributed by atoms with van der Waals surface area (Å²) in [5.74, 6) is 0.442. The lowest BCUT2D eigenvalue weighted by atomic mass is 9.83. The number of carbonyl (C=O) groups is 2. The summed E-state index contributed by atoms with van der Waals surface area (Å²) >= 11 is 0. The van der Waals surface area contributed by atoms with E-state index in [2.05, 4.69) is 5.32 Å². The Hall–Kier alpha value is -2.89. The van der Waals surface area contributed by atoms with Crippen LogP contribution in [0.5, 0.6) is 0 Å². The molecule has 6 heteroatoms. The number of ketones is 1. The number of rotatable bonds is 2. The number of urea groups is 1. The Labute approximate surface area is 151 Å². The molecule has 1 aromatic carbocycles. The molecular formula is C20H21N3O3. The molecule has 134 valence electrons. The van der Waals surface area contributed by atoms with Crippen molar-refractivity contribution in [3.63, 3.8) is 0 Å². The van der Waals surface area contributed by atoms with Gasteiger partial charge in [0.25, 0.3) is 5.56 Å². The van der Waals surface area contributed by atoms with Crippen molar-refractivity contribution in [3.05, 3.63) is 64.1 Å². The topological polar surface area (TPSA) is 71.4 Å². The second-order valence-corrected chi connectivity index (χ2v) is 7.17. The molecule has 1 N–H and O–H groups in total. The fraction of sp³-hybridized carbons (Fsp3) is 0.350. The van der Waals surface area contributed by atoms with Gasteiger partial charge < -0.3 is 14.8 Å². The minimum Gasteiger partial charge on any atom is -0.324 e. The number of aromatic nitrogens is 1. The molecule has 0 aliphatic carbocycles. The number of pyridine rings is 1. The van der Waals surface area contributed by atoms with Crippen LogP contribution in [0.3, 0.4) is 0 Å². The van der Waals surface area contributed by atoms with E-state index in [9.17, 15) is 14.4 Å². The van der Waals surface area contributed by atoms with Crippen LogP contribution in [0, 0.1) is 5.92 Å². The number of nitrogens with one attached hydrogen (secondary N) is 1. The zero-order valence-electron chi connectivity index (χ0n) is 14.6. The number of piperidine rings is 1. The standard InChI is InChI=1S/C20H21N3O3/c1-13(24)15-4-2-5-17(9-15)21-20(26)22-10-14-8-16(12-22)18-6-3-7-19(25)23(18)11-14/h2-7,9,14,16H,8,10-12H2,1H3,(H,21,26)/t14-,16-/m0/s1. The van der Waals surface area contributed by atoms with Gasteiger partial charge in [-0.05, 0) is 37.5 Å². The zero-order valence-corrected chi connectivity index (χ0v) is 14.6. The molecule has 2 bridgehead atoms. The summed E-state index contributed by atoms with van der Waals surface area (Å²) in [6.45, 7) is 3.40. The fourth-order valence-corrected chi connectivity index (χ4v) is 4.08. The minimum absolute atomic E-state index is 0.0318. The SMILES string of the molecule is CC(=O)c1cccc(NC(=O)N2C[C@@H]3C[C@@H](C2)c2cccc(=O)n2C3)c1. The Morgan fingerprint density at radius 2 is 1.88 bits per heavy atom. The van der Waals surface area contributed by atoms with E-state index >= 15 is 0 Å². The van der Waals surface area contributed by atoms with Crippen molar-refractivity contribution in [2.24, 2.45) is 5.92 Å². The van der Waals surface area contributed by atoms with Gasteiger partial charge in [0.15, 0.2) is 5.78 Å². The first-order valence-corrected chi connectivity index (χ1v) is 8.88. The largest absolute Gasteiger partial charge is 0.324 e. The summed E-state index contributed by atoms with van der Waals surface area (Å²) < 4.78 is 1.85. The van der Waals surface area contributed by atoms with Crippen molar-refractivity contribution < 1.29 is 9.59 Å². The van der Waals surface area contributed by atoms with E-state index in [4.69, 9.17) is 0 Å². The molecule has 1 fully saturated rings. The Balaban J connectivity index is 1.52. The highest BCUT2D eigenvalue weighted by Crippen LogP contribution is 2.35. The number of nitrogens with zero attached hydrogens (tertiary/aromatic N) is 2. The number of likely N-dealkylation sites (tertiary alicyclic amines) is 1. The van der Waals surface area contributed by atoms with Crippen LogP contribution in [0.25, 0.3) is 0 Å². The molecule has 26 heavy (non-hydrogen) atoms. The fourth-order valence-electron chi connectivity index (χ4n) is 4.08. The molecule has 1 aromatic heterocycles. The van der Waals surface area contributed by atoms with Crippen molar-refractivity contribution in [1.29, 1.82) is 0 Å². The second-order valence-electron chi connectivity index (χ2n) is 7.17. The van der Waals surface area contributed by atoms with E-state index in [-0.39, 0.29) is 29.2 Å². The van der Waals surface area contributed by atoms with Gasteiger partial charge in [-0.1, -0.05) is 18.2 Å². The van der Waals surface area contributed by atoms with Gasteiger partial charge >= 0.3 is 6.03 Å². The molecule has 3 heterocycles. The lowest BCUT2D eigenvalue weighted by Gasteiger charge is -2.42. The van der Waals surface area contributed by atoms with Crippen molar-refractivity contribution in [2.45, 2.75) is 25.8 Å². The molecule has 2 amide bonds. The summed E-state index contributed by atoms with van der Waals surface area (Å²) in [7, 11) is 0. The first-order chi connectivity index (χ1) is 12.5. The first-order valence-electron chi connectivity index (χ1n) is 8.88. The molecule has 0 radical (unpaired) electrons. The van der Waals surface area contributed by atoms with Gasteiger partial charge in [0.05, 0.1) is 0 Å². The van der Waals surface area contributed by atoms with Gasteiger partial charge in [0.2, 0.25) is 0 Å². The van der Waals surface area contributed by atoms with Crippen LogP contribution < -0.4 is 10.9 Å². The van der Waals surface area contributed by atoms with Crippen LogP contribution in [0.15, 0.2) is 47.3 Å². The molecule has 0 spiro atoms. The van der Waals surface area contributed by atoms with Crippen molar-refractivity contribution >= 4 is 17.5 Å². The van der Waals surface area contributed by atoms with Gasteiger partial charge in [-0.25, -0.2) is 4.79 Å². The molecule has 1 saturated heterocycles. The summed E-state index contributed by atoms with van der Waals surface area (Å²) in [6.07, 6.45) is 1.01. The lowest BCUT2D eigenvalue weighted by Crippen LogP contribution is -2.50. The Kier molecular flexibility index (Phi) is 4.11. The van der Waals surface area contributed by atoms with Crippen LogP contribution >= 0.6 is 0 Å². The van der Waals surface area contributed by atoms with Crippen LogP contribution in [0.2, 0.25) is 0 Å².